The molecule has 1 aliphatic rings. The summed E-state index contributed by atoms with van der Waals surface area (Å²) in [6.45, 7) is 10.8. The summed E-state index contributed by atoms with van der Waals surface area (Å²) in [5.74, 6) is 0.476. The molecule has 1 fully saturated rings. The topological polar surface area (TPSA) is 46.5 Å². The maximum Gasteiger partial charge on any atom is 0.311 e. The lowest BCUT2D eigenvalue weighted by Crippen LogP contribution is -2.53. The number of hydrogen-bond acceptors (Lipinski definition) is 3. The number of rotatable bonds is 6. The first-order valence-corrected chi connectivity index (χ1v) is 8.25. The molecule has 118 valence electrons. The number of carbonyl (C=O) groups is 1. The van der Waals surface area contributed by atoms with Gasteiger partial charge in [0.2, 0.25) is 0 Å². The van der Waals surface area contributed by atoms with Crippen LogP contribution in [0.25, 0.3) is 0 Å². The lowest BCUT2D eigenvalue weighted by molar-refractivity contribution is -0.174. The zero-order chi connectivity index (χ0) is 15.3. The van der Waals surface area contributed by atoms with E-state index in [1.807, 2.05) is 6.92 Å². The second-order valence-electron chi connectivity index (χ2n) is 6.82. The van der Waals surface area contributed by atoms with E-state index in [0.717, 1.165) is 25.7 Å². The molecule has 0 saturated heterocycles. The third-order valence-electron chi connectivity index (χ3n) is 4.84. The van der Waals surface area contributed by atoms with E-state index in [4.69, 9.17) is 4.74 Å². The Labute approximate surface area is 124 Å². The predicted octanol–water partition coefficient (Wildman–Crippen LogP) is 3.79. The molecule has 4 unspecified atom stereocenters. The van der Waals surface area contributed by atoms with Gasteiger partial charge in [-0.3, -0.25) is 4.79 Å². The van der Waals surface area contributed by atoms with Gasteiger partial charge in [0.05, 0.1) is 18.1 Å². The van der Waals surface area contributed by atoms with Gasteiger partial charge in [-0.05, 0) is 43.9 Å². The molecule has 0 amide bonds. The van der Waals surface area contributed by atoms with Gasteiger partial charge in [-0.2, -0.15) is 0 Å². The van der Waals surface area contributed by atoms with E-state index in [9.17, 15) is 9.90 Å². The third-order valence-corrected chi connectivity index (χ3v) is 4.84. The van der Waals surface area contributed by atoms with Crippen LogP contribution < -0.4 is 0 Å². The van der Waals surface area contributed by atoms with E-state index < -0.39 is 5.60 Å². The summed E-state index contributed by atoms with van der Waals surface area (Å²) >= 11 is 0. The van der Waals surface area contributed by atoms with Crippen LogP contribution in [0.1, 0.15) is 66.7 Å². The molecule has 0 aromatic heterocycles. The van der Waals surface area contributed by atoms with Crippen LogP contribution in [-0.2, 0) is 9.53 Å². The summed E-state index contributed by atoms with van der Waals surface area (Å²) in [7, 11) is 0. The van der Waals surface area contributed by atoms with Gasteiger partial charge in [-0.1, -0.05) is 40.5 Å². The average molecular weight is 284 g/mol. The quantitative estimate of drug-likeness (QED) is 0.755. The van der Waals surface area contributed by atoms with Crippen LogP contribution in [0.2, 0.25) is 0 Å². The third kappa shape index (κ3) is 3.75. The van der Waals surface area contributed by atoms with E-state index in [1.54, 1.807) is 0 Å². The van der Waals surface area contributed by atoms with Crippen LogP contribution in [0.4, 0.5) is 0 Å². The molecule has 0 aromatic carbocycles. The van der Waals surface area contributed by atoms with Gasteiger partial charge in [-0.25, -0.2) is 0 Å². The highest BCUT2D eigenvalue weighted by Gasteiger charge is 2.50. The number of aliphatic hydroxyl groups is 1. The van der Waals surface area contributed by atoms with Crippen LogP contribution in [-0.4, -0.2) is 23.3 Å². The Bertz CT molecular complexity index is 313. The normalized spacial score (nSPS) is 32.1. The molecule has 0 aliphatic heterocycles. The smallest absolute Gasteiger partial charge is 0.311 e. The van der Waals surface area contributed by atoms with Gasteiger partial charge < -0.3 is 9.84 Å². The van der Waals surface area contributed by atoms with E-state index in [-0.39, 0.29) is 17.8 Å². The highest BCUT2D eigenvalue weighted by molar-refractivity contribution is 5.74. The zero-order valence-corrected chi connectivity index (χ0v) is 13.8. The van der Waals surface area contributed by atoms with E-state index in [2.05, 4.69) is 27.7 Å². The van der Waals surface area contributed by atoms with Crippen molar-refractivity contribution >= 4 is 5.97 Å². The summed E-state index contributed by atoms with van der Waals surface area (Å²) in [6.07, 6.45) is 4.48. The molecule has 1 aliphatic carbocycles. The number of esters is 1. The number of hydrogen-bond donors (Lipinski definition) is 1. The molecule has 1 saturated carbocycles. The monoisotopic (exact) mass is 284 g/mol. The van der Waals surface area contributed by atoms with Crippen LogP contribution in [0.5, 0.6) is 0 Å². The summed E-state index contributed by atoms with van der Waals surface area (Å²) in [5.41, 5.74) is -0.895. The lowest BCUT2D eigenvalue weighted by atomic mass is 9.61. The molecule has 1 rings (SSSR count). The Balaban J connectivity index is 3.05. The molecule has 3 nitrogen and oxygen atoms in total. The zero-order valence-electron chi connectivity index (χ0n) is 13.8. The highest BCUT2D eigenvalue weighted by Crippen LogP contribution is 2.46. The highest BCUT2D eigenvalue weighted by atomic mass is 16.5. The summed E-state index contributed by atoms with van der Waals surface area (Å²) in [6, 6.07) is 0. The van der Waals surface area contributed by atoms with Crippen molar-refractivity contribution in [1.82, 2.24) is 0 Å². The van der Waals surface area contributed by atoms with Gasteiger partial charge >= 0.3 is 5.97 Å². The van der Waals surface area contributed by atoms with Gasteiger partial charge in [0.25, 0.3) is 0 Å². The van der Waals surface area contributed by atoms with Crippen LogP contribution in [0.15, 0.2) is 0 Å². The maximum atomic E-state index is 12.3. The predicted molar refractivity (Wildman–Crippen MR) is 81.3 cm³/mol. The minimum Gasteiger partial charge on any atom is -0.466 e. The molecule has 4 atom stereocenters. The summed E-state index contributed by atoms with van der Waals surface area (Å²) in [5, 5.41) is 11.4. The standard InChI is InChI=1S/C17H32O3/c1-6-8-15(16(18)20-7-2)17(19)11-13(5)9-10-14(17)12(3)4/h12-15,19H,6-11H2,1-5H3. The molecule has 3 heteroatoms. The molecular weight excluding hydrogens is 252 g/mol. The van der Waals surface area contributed by atoms with Crippen molar-refractivity contribution in [2.24, 2.45) is 23.7 Å². The van der Waals surface area contributed by atoms with Gasteiger partial charge in [-0.15, -0.1) is 0 Å². The SMILES string of the molecule is CCCC(C(=O)OCC)C1(O)CC(C)CCC1C(C)C. The van der Waals surface area contributed by atoms with Crippen LogP contribution >= 0.6 is 0 Å². The minimum atomic E-state index is -0.895. The first-order valence-electron chi connectivity index (χ1n) is 8.25. The first-order chi connectivity index (χ1) is 9.36. The number of ether oxygens (including phenoxy) is 1. The van der Waals surface area contributed by atoms with Gasteiger partial charge in [0.1, 0.15) is 0 Å². The fraction of sp³-hybridized carbons (Fsp3) is 0.941. The second kappa shape index (κ2) is 7.44. The Morgan fingerprint density at radius 1 is 1.35 bits per heavy atom. The minimum absolute atomic E-state index is 0.194. The van der Waals surface area contributed by atoms with Crippen molar-refractivity contribution < 1.29 is 14.6 Å². The number of carbonyl (C=O) groups excluding carboxylic acids is 1. The fourth-order valence-corrected chi connectivity index (χ4v) is 3.94. The van der Waals surface area contributed by atoms with Crippen molar-refractivity contribution in [2.75, 3.05) is 6.61 Å². The van der Waals surface area contributed by atoms with E-state index >= 15 is 0 Å². The summed E-state index contributed by atoms with van der Waals surface area (Å²) in [4.78, 5) is 12.3. The molecule has 0 aromatic rings. The Kier molecular flexibility index (Phi) is 6.50. The van der Waals surface area contributed by atoms with Crippen LogP contribution in [0.3, 0.4) is 0 Å². The Hall–Kier alpha value is -0.570. The maximum absolute atomic E-state index is 12.3. The molecule has 0 bridgehead atoms. The first kappa shape index (κ1) is 17.5. The van der Waals surface area contributed by atoms with Crippen molar-refractivity contribution in [2.45, 2.75) is 72.3 Å². The van der Waals surface area contributed by atoms with E-state index in [1.165, 1.54) is 0 Å². The van der Waals surface area contributed by atoms with Crippen molar-refractivity contribution in [3.63, 3.8) is 0 Å². The summed E-state index contributed by atoms with van der Waals surface area (Å²) < 4.78 is 5.24. The van der Waals surface area contributed by atoms with Crippen molar-refractivity contribution in [1.29, 1.82) is 0 Å². The second-order valence-corrected chi connectivity index (χ2v) is 6.82. The lowest BCUT2D eigenvalue weighted by Gasteiger charge is -2.48. The molecule has 0 heterocycles. The van der Waals surface area contributed by atoms with Crippen LogP contribution in [0, 0.1) is 23.7 Å². The molecule has 0 radical (unpaired) electrons. The fourth-order valence-electron chi connectivity index (χ4n) is 3.94. The van der Waals surface area contributed by atoms with E-state index in [0.29, 0.717) is 24.9 Å². The Morgan fingerprint density at radius 2 is 2.00 bits per heavy atom. The molecular formula is C17H32O3. The largest absolute Gasteiger partial charge is 0.466 e. The van der Waals surface area contributed by atoms with Gasteiger partial charge in [0, 0.05) is 0 Å². The Morgan fingerprint density at radius 3 is 2.50 bits per heavy atom. The van der Waals surface area contributed by atoms with Gasteiger partial charge in [0.15, 0.2) is 0 Å². The molecule has 0 spiro atoms. The molecule has 20 heavy (non-hydrogen) atoms. The average Bonchev–Trinajstić information content (AvgIpc) is 2.35. The molecule has 1 N–H and O–H groups in total. The van der Waals surface area contributed by atoms with Crippen molar-refractivity contribution in [3.05, 3.63) is 0 Å². The van der Waals surface area contributed by atoms with Crippen molar-refractivity contribution in [3.8, 4) is 0 Å².